The van der Waals surface area contributed by atoms with Gasteiger partial charge in [0.25, 0.3) is 0 Å². The highest BCUT2D eigenvalue weighted by Gasteiger charge is 2.08. The lowest BCUT2D eigenvalue weighted by molar-refractivity contribution is -0.120. The van der Waals surface area contributed by atoms with Gasteiger partial charge in [-0.15, -0.1) is 11.3 Å². The van der Waals surface area contributed by atoms with Crippen LogP contribution in [0.1, 0.15) is 24.9 Å². The van der Waals surface area contributed by atoms with E-state index in [0.29, 0.717) is 13.1 Å². The zero-order valence-corrected chi connectivity index (χ0v) is 9.23. The quantitative estimate of drug-likeness (QED) is 0.765. The Morgan fingerprint density at radius 2 is 2.50 bits per heavy atom. The first-order valence-electron chi connectivity index (χ1n) is 4.63. The number of thiazole rings is 1. The Balaban J connectivity index is 2.28. The molecule has 1 rings (SSSR count). The molecule has 5 heteroatoms. The number of carbonyl (C=O) groups is 1. The van der Waals surface area contributed by atoms with E-state index in [4.69, 9.17) is 0 Å². The van der Waals surface area contributed by atoms with Gasteiger partial charge in [-0.2, -0.15) is 0 Å². The predicted molar refractivity (Wildman–Crippen MR) is 57.2 cm³/mol. The third kappa shape index (κ3) is 3.43. The van der Waals surface area contributed by atoms with Crippen LogP contribution in [0.3, 0.4) is 0 Å². The van der Waals surface area contributed by atoms with E-state index >= 15 is 0 Å². The van der Waals surface area contributed by atoms with Crippen molar-refractivity contribution in [3.63, 3.8) is 0 Å². The first-order valence-corrected chi connectivity index (χ1v) is 5.51. The highest BCUT2D eigenvalue weighted by atomic mass is 32.1. The molecule has 0 aliphatic heterocycles. The second-order valence-electron chi connectivity index (χ2n) is 2.93. The lowest BCUT2D eigenvalue weighted by Crippen LogP contribution is -2.34. The number of hydrogen-bond acceptors (Lipinski definition) is 4. The molecule has 0 saturated carbocycles. The maximum Gasteiger partial charge on any atom is 0.233 e. The third-order valence-electron chi connectivity index (χ3n) is 1.76. The second-order valence-corrected chi connectivity index (χ2v) is 3.85. The molecule has 1 amide bonds. The van der Waals surface area contributed by atoms with E-state index in [1.807, 2.05) is 19.2 Å². The molecular weight excluding hydrogens is 198 g/mol. The Morgan fingerprint density at radius 1 is 1.71 bits per heavy atom. The summed E-state index contributed by atoms with van der Waals surface area (Å²) < 4.78 is 0. The molecule has 2 N–H and O–H groups in total. The normalized spacial score (nSPS) is 12.4. The van der Waals surface area contributed by atoms with Gasteiger partial charge in [-0.1, -0.05) is 0 Å². The Morgan fingerprint density at radius 3 is 3.07 bits per heavy atom. The van der Waals surface area contributed by atoms with Crippen LogP contribution in [0, 0.1) is 0 Å². The van der Waals surface area contributed by atoms with E-state index < -0.39 is 0 Å². The number of carbonyl (C=O) groups excluding carboxylic acids is 1. The summed E-state index contributed by atoms with van der Waals surface area (Å²) in [7, 11) is 0. The SMILES string of the molecule is CCNC(=O)CNC(C)c1nccs1. The van der Waals surface area contributed by atoms with Gasteiger partial charge in [0.05, 0.1) is 12.6 Å². The third-order valence-corrected chi connectivity index (χ3v) is 2.72. The van der Waals surface area contributed by atoms with E-state index in [1.165, 1.54) is 0 Å². The maximum absolute atomic E-state index is 11.1. The molecule has 4 nitrogen and oxygen atoms in total. The van der Waals surface area contributed by atoms with Crippen LogP contribution >= 0.6 is 11.3 Å². The first kappa shape index (κ1) is 11.1. The number of nitrogens with one attached hydrogen (secondary N) is 2. The Labute approximate surface area is 87.7 Å². The smallest absolute Gasteiger partial charge is 0.233 e. The van der Waals surface area contributed by atoms with Gasteiger partial charge in [0.1, 0.15) is 5.01 Å². The summed E-state index contributed by atoms with van der Waals surface area (Å²) in [6, 6.07) is 0.137. The van der Waals surface area contributed by atoms with E-state index in [1.54, 1.807) is 17.5 Å². The molecule has 0 saturated heterocycles. The van der Waals surface area contributed by atoms with Crippen molar-refractivity contribution in [2.75, 3.05) is 13.1 Å². The van der Waals surface area contributed by atoms with E-state index in [2.05, 4.69) is 15.6 Å². The number of likely N-dealkylation sites (N-methyl/N-ethyl adjacent to an activating group) is 1. The van der Waals surface area contributed by atoms with Gasteiger partial charge < -0.3 is 5.32 Å². The van der Waals surface area contributed by atoms with Gasteiger partial charge in [-0.3, -0.25) is 10.1 Å². The summed E-state index contributed by atoms with van der Waals surface area (Å²) in [5, 5.41) is 8.77. The zero-order valence-electron chi connectivity index (χ0n) is 8.41. The maximum atomic E-state index is 11.1. The molecule has 1 aromatic heterocycles. The summed E-state index contributed by atoms with van der Waals surface area (Å²) in [5.41, 5.74) is 0. The second kappa shape index (κ2) is 5.72. The summed E-state index contributed by atoms with van der Waals surface area (Å²) >= 11 is 1.59. The lowest BCUT2D eigenvalue weighted by Gasteiger charge is -2.10. The van der Waals surface area contributed by atoms with Gasteiger partial charge in [0.15, 0.2) is 0 Å². The lowest BCUT2D eigenvalue weighted by atomic mass is 10.3. The Bertz CT molecular complexity index is 274. The molecule has 0 fully saturated rings. The molecule has 0 aromatic carbocycles. The number of aromatic nitrogens is 1. The van der Waals surface area contributed by atoms with Crippen LogP contribution in [0.4, 0.5) is 0 Å². The van der Waals surface area contributed by atoms with Crippen LogP contribution in [0.2, 0.25) is 0 Å². The molecule has 1 aromatic rings. The average molecular weight is 213 g/mol. The average Bonchev–Trinajstić information content (AvgIpc) is 2.67. The number of rotatable bonds is 5. The van der Waals surface area contributed by atoms with Crippen LogP contribution < -0.4 is 10.6 Å². The van der Waals surface area contributed by atoms with Gasteiger partial charge in [-0.05, 0) is 13.8 Å². The van der Waals surface area contributed by atoms with Crippen LogP contribution in [0.25, 0.3) is 0 Å². The Hall–Kier alpha value is -0.940. The van der Waals surface area contributed by atoms with Crippen molar-refractivity contribution in [1.29, 1.82) is 0 Å². The number of nitrogens with zero attached hydrogens (tertiary/aromatic N) is 1. The number of hydrogen-bond donors (Lipinski definition) is 2. The van der Waals surface area contributed by atoms with E-state index in [-0.39, 0.29) is 11.9 Å². The van der Waals surface area contributed by atoms with E-state index in [9.17, 15) is 4.79 Å². The molecule has 0 aliphatic rings. The highest BCUT2D eigenvalue weighted by molar-refractivity contribution is 7.09. The fourth-order valence-corrected chi connectivity index (χ4v) is 1.71. The van der Waals surface area contributed by atoms with Gasteiger partial charge in [0, 0.05) is 18.1 Å². The van der Waals surface area contributed by atoms with Gasteiger partial charge >= 0.3 is 0 Å². The molecule has 1 heterocycles. The van der Waals surface area contributed by atoms with Crippen molar-refractivity contribution >= 4 is 17.2 Å². The molecule has 1 atom stereocenters. The van der Waals surface area contributed by atoms with Crippen molar-refractivity contribution in [3.05, 3.63) is 16.6 Å². The molecule has 14 heavy (non-hydrogen) atoms. The number of amides is 1. The van der Waals surface area contributed by atoms with Crippen LogP contribution in [-0.4, -0.2) is 24.0 Å². The van der Waals surface area contributed by atoms with Crippen molar-refractivity contribution in [3.8, 4) is 0 Å². The molecule has 1 unspecified atom stereocenters. The fraction of sp³-hybridized carbons (Fsp3) is 0.556. The minimum Gasteiger partial charge on any atom is -0.355 e. The zero-order chi connectivity index (χ0) is 10.4. The molecule has 0 radical (unpaired) electrons. The van der Waals surface area contributed by atoms with Crippen LogP contribution in [-0.2, 0) is 4.79 Å². The van der Waals surface area contributed by atoms with Crippen molar-refractivity contribution in [2.45, 2.75) is 19.9 Å². The highest BCUT2D eigenvalue weighted by Crippen LogP contribution is 2.13. The standard InChI is InChI=1S/C9H15N3OS/c1-3-10-8(13)6-12-7(2)9-11-4-5-14-9/h4-5,7,12H,3,6H2,1-2H3,(H,10,13). The molecule has 0 spiro atoms. The van der Waals surface area contributed by atoms with Crippen molar-refractivity contribution in [2.24, 2.45) is 0 Å². The molecule has 78 valence electrons. The molecule has 0 aliphatic carbocycles. The predicted octanol–water partition coefficient (Wildman–Crippen LogP) is 0.930. The minimum atomic E-state index is 0.0240. The minimum absolute atomic E-state index is 0.0240. The van der Waals surface area contributed by atoms with E-state index in [0.717, 1.165) is 5.01 Å². The molecular formula is C9H15N3OS. The monoisotopic (exact) mass is 213 g/mol. The first-order chi connectivity index (χ1) is 6.74. The molecule has 0 bridgehead atoms. The van der Waals surface area contributed by atoms with Crippen molar-refractivity contribution in [1.82, 2.24) is 15.6 Å². The summed E-state index contributed by atoms with van der Waals surface area (Å²) in [4.78, 5) is 15.3. The topological polar surface area (TPSA) is 54.0 Å². The van der Waals surface area contributed by atoms with Gasteiger partial charge in [0.2, 0.25) is 5.91 Å². The summed E-state index contributed by atoms with van der Waals surface area (Å²) in [5.74, 6) is 0.0240. The van der Waals surface area contributed by atoms with Crippen LogP contribution in [0.5, 0.6) is 0 Å². The van der Waals surface area contributed by atoms with Gasteiger partial charge in [-0.25, -0.2) is 4.98 Å². The largest absolute Gasteiger partial charge is 0.355 e. The van der Waals surface area contributed by atoms with Crippen molar-refractivity contribution < 1.29 is 4.79 Å². The Kier molecular flexibility index (Phi) is 4.55. The van der Waals surface area contributed by atoms with Crippen LogP contribution in [0.15, 0.2) is 11.6 Å². The fourth-order valence-electron chi connectivity index (χ4n) is 1.04. The summed E-state index contributed by atoms with van der Waals surface area (Å²) in [6.45, 7) is 4.92. The summed E-state index contributed by atoms with van der Waals surface area (Å²) in [6.07, 6.45) is 1.77.